The molecule has 6 heteroatoms. The van der Waals surface area contributed by atoms with E-state index in [9.17, 15) is 9.59 Å². The number of nitrogens with one attached hydrogen (secondary N) is 1. The third-order valence-corrected chi connectivity index (χ3v) is 5.35. The predicted molar refractivity (Wildman–Crippen MR) is 97.4 cm³/mol. The molecule has 24 heavy (non-hydrogen) atoms. The summed E-state index contributed by atoms with van der Waals surface area (Å²) in [6.07, 6.45) is 0.278. The van der Waals surface area contributed by atoms with E-state index in [1.165, 1.54) is 29.6 Å². The first-order valence-electron chi connectivity index (χ1n) is 7.46. The van der Waals surface area contributed by atoms with E-state index in [1.54, 1.807) is 6.07 Å². The number of thiazole rings is 1. The van der Waals surface area contributed by atoms with Crippen molar-refractivity contribution in [2.24, 2.45) is 0 Å². The predicted octanol–water partition coefficient (Wildman–Crippen LogP) is 3.93. The van der Waals surface area contributed by atoms with Crippen LogP contribution in [0.4, 0.5) is 0 Å². The first-order valence-corrected chi connectivity index (χ1v) is 9.22. The Labute approximate surface area is 148 Å². The maximum absolute atomic E-state index is 12.0. The Balaban J connectivity index is 1.54. The lowest BCUT2D eigenvalue weighted by Crippen LogP contribution is -2.24. The minimum atomic E-state index is -0.0700. The average Bonchev–Trinajstić information content (AvgIpc) is 3.23. The van der Waals surface area contributed by atoms with Crippen molar-refractivity contribution in [2.45, 2.75) is 19.9 Å². The van der Waals surface area contributed by atoms with Crippen LogP contribution in [-0.4, -0.2) is 16.7 Å². The number of benzene rings is 1. The molecule has 3 aromatic rings. The van der Waals surface area contributed by atoms with Gasteiger partial charge in [0.05, 0.1) is 23.5 Å². The summed E-state index contributed by atoms with van der Waals surface area (Å²) in [6.45, 7) is 1.95. The molecule has 1 aromatic carbocycles. The molecule has 1 N–H and O–H groups in total. The van der Waals surface area contributed by atoms with Crippen molar-refractivity contribution in [1.29, 1.82) is 0 Å². The van der Waals surface area contributed by atoms with Gasteiger partial charge in [-0.1, -0.05) is 30.3 Å². The van der Waals surface area contributed by atoms with E-state index in [-0.39, 0.29) is 18.1 Å². The Hall–Kier alpha value is -2.31. The normalized spacial score (nSPS) is 10.5. The molecule has 1 amide bonds. The van der Waals surface area contributed by atoms with Gasteiger partial charge in [0.1, 0.15) is 5.01 Å². The van der Waals surface area contributed by atoms with Gasteiger partial charge in [-0.3, -0.25) is 9.59 Å². The van der Waals surface area contributed by atoms with Crippen molar-refractivity contribution < 1.29 is 9.59 Å². The fourth-order valence-electron chi connectivity index (χ4n) is 2.21. The van der Waals surface area contributed by atoms with Gasteiger partial charge in [-0.2, -0.15) is 0 Å². The number of carbonyl (C=O) groups is 2. The molecule has 0 atom stereocenters. The van der Waals surface area contributed by atoms with E-state index in [2.05, 4.69) is 10.3 Å². The van der Waals surface area contributed by atoms with E-state index in [4.69, 9.17) is 0 Å². The molecule has 0 aliphatic heterocycles. The number of hydrogen-bond acceptors (Lipinski definition) is 5. The standard InChI is InChI=1S/C18H16N2O2S2/c1-12(21)16-7-13(10-23-16)8-17(22)19-9-18-20-15(11-24-18)14-5-3-2-4-6-14/h2-7,10-11H,8-9H2,1H3,(H,19,22). The zero-order valence-corrected chi connectivity index (χ0v) is 14.7. The second kappa shape index (κ2) is 7.51. The van der Waals surface area contributed by atoms with E-state index in [0.29, 0.717) is 11.4 Å². The topological polar surface area (TPSA) is 59.1 Å². The summed E-state index contributed by atoms with van der Waals surface area (Å²) in [5.74, 6) is -0.0396. The number of nitrogens with zero attached hydrogens (tertiary/aromatic N) is 1. The van der Waals surface area contributed by atoms with E-state index >= 15 is 0 Å². The molecule has 0 aliphatic rings. The number of amides is 1. The lowest BCUT2D eigenvalue weighted by molar-refractivity contribution is -0.120. The minimum absolute atomic E-state index is 0.0304. The first-order chi connectivity index (χ1) is 11.6. The zero-order chi connectivity index (χ0) is 16.9. The van der Waals surface area contributed by atoms with Crippen LogP contribution in [0.25, 0.3) is 11.3 Å². The molecule has 122 valence electrons. The smallest absolute Gasteiger partial charge is 0.224 e. The van der Waals surface area contributed by atoms with Crippen molar-refractivity contribution in [3.8, 4) is 11.3 Å². The highest BCUT2D eigenvalue weighted by molar-refractivity contribution is 7.12. The number of rotatable bonds is 6. The zero-order valence-electron chi connectivity index (χ0n) is 13.1. The van der Waals surface area contributed by atoms with Gasteiger partial charge in [-0.15, -0.1) is 22.7 Å². The van der Waals surface area contributed by atoms with Crippen molar-refractivity contribution in [1.82, 2.24) is 10.3 Å². The molecule has 0 unspecified atom stereocenters. The highest BCUT2D eigenvalue weighted by Gasteiger charge is 2.10. The molecule has 0 fully saturated rings. The van der Waals surface area contributed by atoms with Crippen LogP contribution in [0.1, 0.15) is 27.2 Å². The molecule has 2 aromatic heterocycles. The van der Waals surface area contributed by atoms with Gasteiger partial charge in [-0.05, 0) is 23.9 Å². The molecule has 0 bridgehead atoms. The number of thiophene rings is 1. The van der Waals surface area contributed by atoms with Gasteiger partial charge in [0, 0.05) is 10.9 Å². The third-order valence-electron chi connectivity index (χ3n) is 3.42. The van der Waals surface area contributed by atoms with Crippen LogP contribution in [0, 0.1) is 0 Å². The van der Waals surface area contributed by atoms with Crippen LogP contribution in [0.5, 0.6) is 0 Å². The van der Waals surface area contributed by atoms with Crippen molar-refractivity contribution >= 4 is 34.4 Å². The Morgan fingerprint density at radius 1 is 1.12 bits per heavy atom. The summed E-state index contributed by atoms with van der Waals surface area (Å²) in [4.78, 5) is 28.5. The summed E-state index contributed by atoms with van der Waals surface area (Å²) in [5.41, 5.74) is 2.86. The lowest BCUT2D eigenvalue weighted by Gasteiger charge is -2.01. The summed E-state index contributed by atoms with van der Waals surface area (Å²) in [7, 11) is 0. The van der Waals surface area contributed by atoms with Crippen molar-refractivity contribution in [3.63, 3.8) is 0 Å². The average molecular weight is 356 g/mol. The molecule has 4 nitrogen and oxygen atoms in total. The largest absolute Gasteiger partial charge is 0.349 e. The Kier molecular flexibility index (Phi) is 5.17. The maximum Gasteiger partial charge on any atom is 0.224 e. The van der Waals surface area contributed by atoms with E-state index in [0.717, 1.165) is 21.8 Å². The summed E-state index contributed by atoms with van der Waals surface area (Å²) in [5, 5.41) is 7.60. The molecule has 0 radical (unpaired) electrons. The van der Waals surface area contributed by atoms with Crippen LogP contribution >= 0.6 is 22.7 Å². The van der Waals surface area contributed by atoms with Crippen LogP contribution in [0.15, 0.2) is 47.2 Å². The second-order valence-electron chi connectivity index (χ2n) is 5.32. The molecule has 2 heterocycles. The molecular weight excluding hydrogens is 340 g/mol. The molecule has 0 spiro atoms. The van der Waals surface area contributed by atoms with Gasteiger partial charge in [0.15, 0.2) is 5.78 Å². The van der Waals surface area contributed by atoms with Crippen molar-refractivity contribution in [3.05, 3.63) is 62.6 Å². The number of carbonyl (C=O) groups excluding carboxylic acids is 2. The molecule has 0 saturated carbocycles. The van der Waals surface area contributed by atoms with E-state index < -0.39 is 0 Å². The lowest BCUT2D eigenvalue weighted by atomic mass is 10.2. The van der Waals surface area contributed by atoms with E-state index in [1.807, 2.05) is 41.1 Å². The molecule has 0 saturated heterocycles. The number of Topliss-reactive ketones (excluding diaryl/α,β-unsaturated/α-hetero) is 1. The monoisotopic (exact) mass is 356 g/mol. The molecule has 3 rings (SSSR count). The minimum Gasteiger partial charge on any atom is -0.349 e. The summed E-state index contributed by atoms with van der Waals surface area (Å²) >= 11 is 2.91. The van der Waals surface area contributed by atoms with Crippen LogP contribution < -0.4 is 5.32 Å². The summed E-state index contributed by atoms with van der Waals surface area (Å²) < 4.78 is 0. The Morgan fingerprint density at radius 2 is 1.92 bits per heavy atom. The highest BCUT2D eigenvalue weighted by atomic mass is 32.1. The first kappa shape index (κ1) is 16.5. The number of aromatic nitrogens is 1. The Morgan fingerprint density at radius 3 is 2.62 bits per heavy atom. The van der Waals surface area contributed by atoms with Crippen LogP contribution in [-0.2, 0) is 17.8 Å². The number of ketones is 1. The quantitative estimate of drug-likeness (QED) is 0.681. The van der Waals surface area contributed by atoms with Gasteiger partial charge >= 0.3 is 0 Å². The maximum atomic E-state index is 12.0. The Bertz CT molecular complexity index is 853. The fourth-order valence-corrected chi connectivity index (χ4v) is 3.77. The SMILES string of the molecule is CC(=O)c1cc(CC(=O)NCc2nc(-c3ccccc3)cs2)cs1. The molecular formula is C18H16N2O2S2. The van der Waals surface area contributed by atoms with Gasteiger partial charge in [0.25, 0.3) is 0 Å². The van der Waals surface area contributed by atoms with Gasteiger partial charge in [0.2, 0.25) is 5.91 Å². The summed E-state index contributed by atoms with van der Waals surface area (Å²) in [6, 6.07) is 11.7. The third kappa shape index (κ3) is 4.15. The van der Waals surface area contributed by atoms with Gasteiger partial charge in [-0.25, -0.2) is 4.98 Å². The highest BCUT2D eigenvalue weighted by Crippen LogP contribution is 2.21. The van der Waals surface area contributed by atoms with Gasteiger partial charge < -0.3 is 5.32 Å². The fraction of sp³-hybridized carbons (Fsp3) is 0.167. The second-order valence-corrected chi connectivity index (χ2v) is 7.18. The van der Waals surface area contributed by atoms with Crippen molar-refractivity contribution in [2.75, 3.05) is 0 Å². The number of hydrogen-bond donors (Lipinski definition) is 1. The van der Waals surface area contributed by atoms with Crippen LogP contribution in [0.2, 0.25) is 0 Å². The molecule has 0 aliphatic carbocycles. The van der Waals surface area contributed by atoms with Crippen LogP contribution in [0.3, 0.4) is 0 Å².